The summed E-state index contributed by atoms with van der Waals surface area (Å²) in [5.41, 5.74) is 0. The smallest absolute Gasteiger partial charge is 0.363 e. The van der Waals surface area contributed by atoms with Gasteiger partial charge in [0, 0.05) is 0 Å². The fraction of sp³-hybridized carbons (Fsp3) is 1.00. The minimum absolute atomic E-state index is 2.24. The number of phosphoric ester groups is 1. The van der Waals surface area contributed by atoms with E-state index in [0.717, 1.165) is 0 Å². The molecule has 0 aliphatic carbocycles. The molecule has 0 amide bonds. The first-order valence-electron chi connectivity index (χ1n) is 2.84. The Hall–Kier alpha value is -0.0500. The largest absolute Gasteiger partial charge is 0.486 e. The predicted molar refractivity (Wildman–Crippen MR) is 29.0 cm³/mol. The maximum atomic E-state index is 10.8. The van der Waals surface area contributed by atoms with Gasteiger partial charge < -0.3 is 20.4 Å². The van der Waals surface area contributed by atoms with Crippen LogP contribution in [0.3, 0.4) is 0 Å². The van der Waals surface area contributed by atoms with Crippen molar-refractivity contribution < 1.29 is 38.6 Å². The molecule has 4 N–H and O–H groups in total. The van der Waals surface area contributed by atoms with Crippen molar-refractivity contribution in [1.29, 1.82) is 0 Å². The molecule has 3 rings (SSSR count). The molecule has 3 aliphatic heterocycles. The topological polar surface area (TPSA) is 126 Å². The zero-order chi connectivity index (χ0) is 9.20. The highest BCUT2D eigenvalue weighted by Gasteiger charge is 2.77. The molecule has 0 aromatic carbocycles. The molecule has 3 saturated heterocycles. The van der Waals surface area contributed by atoms with Crippen molar-refractivity contribution in [3.63, 3.8) is 0 Å². The van der Waals surface area contributed by atoms with Crippen molar-refractivity contribution >= 4 is 7.82 Å². The molecule has 1 atom stereocenters. The van der Waals surface area contributed by atoms with Crippen molar-refractivity contribution in [2.24, 2.45) is 0 Å². The second-order valence-electron chi connectivity index (χ2n) is 2.40. The Morgan fingerprint density at radius 1 is 1.25 bits per heavy atom. The van der Waals surface area contributed by atoms with Crippen molar-refractivity contribution in [1.82, 2.24) is 0 Å². The molecule has 3 aliphatic rings. The number of hydrogen-bond acceptors (Lipinski definition) is 8. The van der Waals surface area contributed by atoms with Crippen LogP contribution in [0, 0.1) is 0 Å². The first-order chi connectivity index (χ1) is 5.29. The Kier molecular flexibility index (Phi) is 1.35. The van der Waals surface area contributed by atoms with Gasteiger partial charge in [0.2, 0.25) is 6.29 Å². The van der Waals surface area contributed by atoms with Gasteiger partial charge in [0.25, 0.3) is 0 Å². The van der Waals surface area contributed by atoms with Crippen LogP contribution in [0.2, 0.25) is 0 Å². The summed E-state index contributed by atoms with van der Waals surface area (Å²) >= 11 is 0. The molecular formula is C3H5O8P. The predicted octanol–water partition coefficient (Wildman–Crippen LogP) is -2.18. The summed E-state index contributed by atoms with van der Waals surface area (Å²) in [6.45, 7) is 0. The Labute approximate surface area is 65.5 Å². The molecule has 0 aromatic heterocycles. The van der Waals surface area contributed by atoms with Gasteiger partial charge >= 0.3 is 19.6 Å². The Morgan fingerprint density at radius 2 is 1.75 bits per heavy atom. The van der Waals surface area contributed by atoms with E-state index in [1.54, 1.807) is 0 Å². The van der Waals surface area contributed by atoms with Crippen LogP contribution >= 0.6 is 7.82 Å². The molecule has 9 heteroatoms. The lowest BCUT2D eigenvalue weighted by molar-refractivity contribution is -0.523. The van der Waals surface area contributed by atoms with Gasteiger partial charge in [-0.25, -0.2) is 13.6 Å². The van der Waals surface area contributed by atoms with Crippen molar-refractivity contribution in [2.75, 3.05) is 0 Å². The number of rotatable bonds is 0. The molecule has 0 spiro atoms. The quantitative estimate of drug-likeness (QED) is 0.257. The van der Waals surface area contributed by atoms with E-state index in [1.807, 2.05) is 0 Å². The third kappa shape index (κ3) is 0.781. The van der Waals surface area contributed by atoms with Gasteiger partial charge in [0.15, 0.2) is 0 Å². The standard InChI is InChI=1S/C3H5O8P/c4-1-2(5,6)3(7)10-12(8,9-1)11-3/h1,4-7H. The molecule has 12 heavy (non-hydrogen) atoms. The van der Waals surface area contributed by atoms with Crippen LogP contribution in [-0.2, 0) is 18.1 Å². The number of fused-ring (bicyclic) bond motifs is 2. The molecule has 0 saturated carbocycles. The SMILES string of the molecule is O=P12OC(O)C(O)(O)C(O)(O1)O2. The second-order valence-corrected chi connectivity index (χ2v) is 3.87. The fourth-order valence-corrected chi connectivity index (χ4v) is 2.21. The zero-order valence-electron chi connectivity index (χ0n) is 5.45. The highest BCUT2D eigenvalue weighted by Crippen LogP contribution is 2.71. The average molecular weight is 200 g/mol. The molecule has 0 radical (unpaired) electrons. The van der Waals surface area contributed by atoms with Gasteiger partial charge in [-0.2, -0.15) is 0 Å². The summed E-state index contributed by atoms with van der Waals surface area (Å²) < 4.78 is 22.9. The normalized spacial score (nSPS) is 56.2. The summed E-state index contributed by atoms with van der Waals surface area (Å²) in [6.07, 6.45) is -2.24. The molecule has 3 heterocycles. The Balaban J connectivity index is 2.36. The lowest BCUT2D eigenvalue weighted by atomic mass is 10.2. The van der Waals surface area contributed by atoms with E-state index in [2.05, 4.69) is 13.6 Å². The molecule has 3 fully saturated rings. The van der Waals surface area contributed by atoms with E-state index in [1.165, 1.54) is 0 Å². The van der Waals surface area contributed by atoms with Gasteiger partial charge in [-0.1, -0.05) is 0 Å². The number of aliphatic hydroxyl groups is 4. The summed E-state index contributed by atoms with van der Waals surface area (Å²) in [5, 5.41) is 35.5. The van der Waals surface area contributed by atoms with Crippen LogP contribution in [0.1, 0.15) is 0 Å². The molecule has 70 valence electrons. The number of aliphatic hydroxyl groups excluding tert-OH is 1. The lowest BCUT2D eigenvalue weighted by Crippen LogP contribution is -2.71. The zero-order valence-corrected chi connectivity index (χ0v) is 6.34. The van der Waals surface area contributed by atoms with Gasteiger partial charge in [-0.15, -0.1) is 0 Å². The Morgan fingerprint density at radius 3 is 2.17 bits per heavy atom. The van der Waals surface area contributed by atoms with Crippen LogP contribution in [0.25, 0.3) is 0 Å². The summed E-state index contributed by atoms with van der Waals surface area (Å²) in [5.74, 6) is -6.03. The van der Waals surface area contributed by atoms with E-state index in [4.69, 9.17) is 20.4 Å². The third-order valence-corrected chi connectivity index (χ3v) is 2.91. The first-order valence-corrected chi connectivity index (χ1v) is 4.30. The van der Waals surface area contributed by atoms with Crippen LogP contribution in [-0.4, -0.2) is 38.5 Å². The van der Waals surface area contributed by atoms with Gasteiger partial charge in [-0.3, -0.25) is 4.52 Å². The van der Waals surface area contributed by atoms with E-state index >= 15 is 0 Å². The van der Waals surface area contributed by atoms with Crippen molar-refractivity contribution in [2.45, 2.75) is 18.1 Å². The van der Waals surface area contributed by atoms with Crippen LogP contribution in [0.4, 0.5) is 0 Å². The molecule has 2 bridgehead atoms. The molecular weight excluding hydrogens is 195 g/mol. The number of phosphoric acid groups is 1. The first kappa shape index (κ1) is 8.54. The summed E-state index contributed by atoms with van der Waals surface area (Å²) in [4.78, 5) is 0. The summed E-state index contributed by atoms with van der Waals surface area (Å²) in [6, 6.07) is 0. The maximum absolute atomic E-state index is 10.8. The van der Waals surface area contributed by atoms with Crippen LogP contribution < -0.4 is 0 Å². The number of hydrogen-bond donors (Lipinski definition) is 4. The third-order valence-electron chi connectivity index (χ3n) is 1.51. The monoisotopic (exact) mass is 200 g/mol. The van der Waals surface area contributed by atoms with E-state index in [0.29, 0.717) is 0 Å². The second kappa shape index (κ2) is 1.89. The fourth-order valence-electron chi connectivity index (χ4n) is 0.839. The average Bonchev–Trinajstić information content (AvgIpc) is 1.80. The maximum Gasteiger partial charge on any atom is 0.486 e. The van der Waals surface area contributed by atoms with E-state index in [9.17, 15) is 4.57 Å². The van der Waals surface area contributed by atoms with Crippen LogP contribution in [0.15, 0.2) is 0 Å². The highest BCUT2D eigenvalue weighted by atomic mass is 31.2. The van der Waals surface area contributed by atoms with Gasteiger partial charge in [0.1, 0.15) is 0 Å². The lowest BCUT2D eigenvalue weighted by Gasteiger charge is -2.52. The molecule has 8 nitrogen and oxygen atoms in total. The van der Waals surface area contributed by atoms with Gasteiger partial charge in [0.05, 0.1) is 0 Å². The minimum atomic E-state index is -3.96. The van der Waals surface area contributed by atoms with E-state index < -0.39 is 25.9 Å². The van der Waals surface area contributed by atoms with Crippen molar-refractivity contribution in [3.05, 3.63) is 0 Å². The minimum Gasteiger partial charge on any atom is -0.363 e. The molecule has 0 aromatic rings. The highest BCUT2D eigenvalue weighted by molar-refractivity contribution is 7.49. The van der Waals surface area contributed by atoms with E-state index in [-0.39, 0.29) is 0 Å². The van der Waals surface area contributed by atoms with Gasteiger partial charge in [-0.05, 0) is 0 Å². The van der Waals surface area contributed by atoms with Crippen molar-refractivity contribution in [3.8, 4) is 0 Å². The van der Waals surface area contributed by atoms with Crippen LogP contribution in [0.5, 0.6) is 0 Å². The summed E-state index contributed by atoms with van der Waals surface area (Å²) in [7, 11) is -3.96. The Bertz CT molecular complexity index is 253. The molecule has 1 unspecified atom stereocenters.